The average Bonchev–Trinajstić information content (AvgIpc) is 3.16. The number of carbonyl (C=O) groups excluding carboxylic acids is 1. The van der Waals surface area contributed by atoms with Crippen LogP contribution in [0.1, 0.15) is 53.2 Å². The van der Waals surface area contributed by atoms with E-state index >= 15 is 0 Å². The Kier molecular flexibility index (Phi) is 4.36. The molecule has 118 valence electrons. The lowest BCUT2D eigenvalue weighted by Gasteiger charge is -2.46. The summed E-state index contributed by atoms with van der Waals surface area (Å²) in [4.78, 5) is 16.9. The molecule has 22 heavy (non-hydrogen) atoms. The smallest absolute Gasteiger partial charge is 0.253 e. The van der Waals surface area contributed by atoms with E-state index < -0.39 is 0 Å². The van der Waals surface area contributed by atoms with Crippen molar-refractivity contribution >= 4 is 17.2 Å². The van der Waals surface area contributed by atoms with Gasteiger partial charge in [-0.3, -0.25) is 4.79 Å². The molecule has 0 aromatic carbocycles. The number of H-pyrrole nitrogens is 1. The Labute approximate surface area is 134 Å². The van der Waals surface area contributed by atoms with Gasteiger partial charge in [-0.05, 0) is 36.8 Å². The maximum absolute atomic E-state index is 12.7. The molecule has 0 aliphatic heterocycles. The molecule has 5 heteroatoms. The Hall–Kier alpha value is -1.59. The van der Waals surface area contributed by atoms with Crippen LogP contribution in [0, 0.1) is 5.41 Å². The number of hydrogen-bond donors (Lipinski definition) is 3. The number of amides is 1. The monoisotopic (exact) mass is 318 g/mol. The highest BCUT2D eigenvalue weighted by Gasteiger charge is 2.45. The summed E-state index contributed by atoms with van der Waals surface area (Å²) >= 11 is 1.64. The van der Waals surface area contributed by atoms with Gasteiger partial charge in [-0.25, -0.2) is 0 Å². The minimum absolute atomic E-state index is 0.0591. The molecule has 1 aliphatic rings. The third-order valence-electron chi connectivity index (χ3n) is 4.81. The summed E-state index contributed by atoms with van der Waals surface area (Å²) < 4.78 is 0. The summed E-state index contributed by atoms with van der Waals surface area (Å²) in [5, 5.41) is 15.1. The lowest BCUT2D eigenvalue weighted by atomic mass is 9.64. The zero-order chi connectivity index (χ0) is 15.6. The van der Waals surface area contributed by atoms with Crippen LogP contribution in [0.25, 0.3) is 0 Å². The molecule has 4 nitrogen and oxygen atoms in total. The van der Waals surface area contributed by atoms with Gasteiger partial charge in [-0.1, -0.05) is 19.4 Å². The van der Waals surface area contributed by atoms with Crippen LogP contribution in [0.2, 0.25) is 0 Å². The first kappa shape index (κ1) is 15.3. The number of aromatic amines is 1. The highest BCUT2D eigenvalue weighted by atomic mass is 32.1. The number of aromatic nitrogens is 1. The van der Waals surface area contributed by atoms with Crippen LogP contribution in [0.4, 0.5) is 0 Å². The summed E-state index contributed by atoms with van der Waals surface area (Å²) in [7, 11) is 0. The van der Waals surface area contributed by atoms with E-state index in [1.165, 1.54) is 0 Å². The molecule has 3 N–H and O–H groups in total. The number of aliphatic hydroxyl groups is 1. The molecule has 2 heterocycles. The van der Waals surface area contributed by atoms with Gasteiger partial charge in [0.1, 0.15) is 0 Å². The predicted molar refractivity (Wildman–Crippen MR) is 88.1 cm³/mol. The summed E-state index contributed by atoms with van der Waals surface area (Å²) in [5.41, 5.74) is 1.45. The third-order valence-corrected chi connectivity index (χ3v) is 5.75. The van der Waals surface area contributed by atoms with Crippen molar-refractivity contribution in [3.8, 4) is 0 Å². The van der Waals surface area contributed by atoms with E-state index in [-0.39, 0.29) is 24.0 Å². The van der Waals surface area contributed by atoms with Crippen molar-refractivity contribution in [3.63, 3.8) is 0 Å². The fourth-order valence-corrected chi connectivity index (χ4v) is 4.18. The predicted octanol–water partition coefficient (Wildman–Crippen LogP) is 3.27. The molecule has 1 saturated carbocycles. The highest BCUT2D eigenvalue weighted by molar-refractivity contribution is 7.10. The second-order valence-corrected chi connectivity index (χ2v) is 7.00. The zero-order valence-corrected chi connectivity index (χ0v) is 13.6. The van der Waals surface area contributed by atoms with E-state index in [9.17, 15) is 9.90 Å². The van der Waals surface area contributed by atoms with E-state index in [4.69, 9.17) is 0 Å². The van der Waals surface area contributed by atoms with Gasteiger partial charge < -0.3 is 15.4 Å². The molecule has 1 atom stereocenters. The summed E-state index contributed by atoms with van der Waals surface area (Å²) in [6, 6.07) is 5.75. The van der Waals surface area contributed by atoms with Gasteiger partial charge in [-0.2, -0.15) is 0 Å². The van der Waals surface area contributed by atoms with Crippen LogP contribution in [-0.2, 0) is 6.42 Å². The molecule has 1 amide bonds. The standard InChI is InChI=1S/C17H22N2O2S/c1-2-13-12(6-9-18-13)16(21)19-15(14-5-3-10-22-14)17(11-20)7-4-8-17/h3,5-6,9-10,15,18,20H,2,4,7-8,11H2,1H3,(H,19,21)/t15-/m1/s1. The maximum Gasteiger partial charge on any atom is 0.253 e. The van der Waals surface area contributed by atoms with Crippen molar-refractivity contribution in [1.29, 1.82) is 0 Å². The Balaban J connectivity index is 1.86. The van der Waals surface area contributed by atoms with Crippen LogP contribution in [0.3, 0.4) is 0 Å². The summed E-state index contributed by atoms with van der Waals surface area (Å²) in [6.07, 6.45) is 5.63. The molecule has 2 aromatic rings. The first-order valence-electron chi connectivity index (χ1n) is 7.81. The third kappa shape index (κ3) is 2.59. The van der Waals surface area contributed by atoms with Crippen LogP contribution in [0.5, 0.6) is 0 Å². The van der Waals surface area contributed by atoms with Gasteiger partial charge in [0.05, 0.1) is 18.2 Å². The van der Waals surface area contributed by atoms with Crippen molar-refractivity contribution in [1.82, 2.24) is 10.3 Å². The molecule has 0 saturated heterocycles. The van der Waals surface area contributed by atoms with E-state index in [2.05, 4.69) is 10.3 Å². The summed E-state index contributed by atoms with van der Waals surface area (Å²) in [6.45, 7) is 2.14. The van der Waals surface area contributed by atoms with Crippen molar-refractivity contribution in [3.05, 3.63) is 45.9 Å². The second kappa shape index (κ2) is 6.26. The minimum atomic E-state index is -0.205. The lowest BCUT2D eigenvalue weighted by Crippen LogP contribution is -2.47. The Morgan fingerprint density at radius 2 is 2.32 bits per heavy atom. The number of carbonyl (C=O) groups is 1. The number of nitrogens with one attached hydrogen (secondary N) is 2. The quantitative estimate of drug-likeness (QED) is 0.765. The van der Waals surface area contributed by atoms with Crippen LogP contribution in [0.15, 0.2) is 29.8 Å². The second-order valence-electron chi connectivity index (χ2n) is 6.02. The topological polar surface area (TPSA) is 65.1 Å². The molecular weight excluding hydrogens is 296 g/mol. The minimum Gasteiger partial charge on any atom is -0.396 e. The first-order valence-corrected chi connectivity index (χ1v) is 8.69. The van der Waals surface area contributed by atoms with Gasteiger partial charge in [0.15, 0.2) is 0 Å². The Morgan fingerprint density at radius 1 is 1.50 bits per heavy atom. The number of rotatable bonds is 6. The van der Waals surface area contributed by atoms with Gasteiger partial charge in [0, 0.05) is 22.2 Å². The van der Waals surface area contributed by atoms with Crippen molar-refractivity contribution in [2.45, 2.75) is 38.6 Å². The number of thiophene rings is 1. The van der Waals surface area contributed by atoms with Gasteiger partial charge in [0.2, 0.25) is 0 Å². The molecule has 0 bridgehead atoms. The van der Waals surface area contributed by atoms with E-state index in [0.29, 0.717) is 5.56 Å². The van der Waals surface area contributed by atoms with E-state index in [1.807, 2.05) is 30.5 Å². The number of hydrogen-bond acceptors (Lipinski definition) is 3. The maximum atomic E-state index is 12.7. The molecule has 0 spiro atoms. The fraction of sp³-hybridized carbons (Fsp3) is 0.471. The van der Waals surface area contributed by atoms with E-state index in [1.54, 1.807) is 17.5 Å². The van der Waals surface area contributed by atoms with Crippen molar-refractivity contribution < 1.29 is 9.90 Å². The Bertz CT molecular complexity index is 623. The zero-order valence-electron chi connectivity index (χ0n) is 12.8. The number of aliphatic hydroxyl groups excluding tert-OH is 1. The molecule has 3 rings (SSSR count). The lowest BCUT2D eigenvalue weighted by molar-refractivity contribution is 0.00710. The average molecular weight is 318 g/mol. The van der Waals surface area contributed by atoms with Gasteiger partial charge in [-0.15, -0.1) is 11.3 Å². The van der Waals surface area contributed by atoms with Crippen molar-refractivity contribution in [2.24, 2.45) is 5.41 Å². The Morgan fingerprint density at radius 3 is 2.86 bits per heavy atom. The van der Waals surface area contributed by atoms with Crippen LogP contribution >= 0.6 is 11.3 Å². The van der Waals surface area contributed by atoms with Gasteiger partial charge >= 0.3 is 0 Å². The molecular formula is C17H22N2O2S. The molecule has 1 fully saturated rings. The van der Waals surface area contributed by atoms with Crippen LogP contribution < -0.4 is 5.32 Å². The van der Waals surface area contributed by atoms with Crippen LogP contribution in [-0.4, -0.2) is 22.6 Å². The number of aryl methyl sites for hydroxylation is 1. The normalized spacial score (nSPS) is 17.7. The first-order chi connectivity index (χ1) is 10.7. The SMILES string of the molecule is CCc1[nH]ccc1C(=O)N[C@H](c1cccs1)C1(CO)CCC1. The highest BCUT2D eigenvalue weighted by Crippen LogP contribution is 2.50. The van der Waals surface area contributed by atoms with E-state index in [0.717, 1.165) is 36.3 Å². The molecule has 1 aliphatic carbocycles. The summed E-state index contributed by atoms with van der Waals surface area (Å²) in [5.74, 6) is -0.0591. The molecule has 0 unspecified atom stereocenters. The van der Waals surface area contributed by atoms with Crippen molar-refractivity contribution in [2.75, 3.05) is 6.61 Å². The molecule has 0 radical (unpaired) electrons. The molecule has 2 aromatic heterocycles. The largest absolute Gasteiger partial charge is 0.396 e. The van der Waals surface area contributed by atoms with Gasteiger partial charge in [0.25, 0.3) is 5.91 Å². The fourth-order valence-electron chi connectivity index (χ4n) is 3.27.